The SMILES string of the molecule is OCC1CCN(Cc2nc3c(s2)CCC3)CC1. The molecule has 3 rings (SSSR count). The molecular formula is C13H20N2OS. The van der Waals surface area contributed by atoms with E-state index in [1.165, 1.54) is 34.8 Å². The first-order valence-corrected chi connectivity index (χ1v) is 7.47. The zero-order valence-corrected chi connectivity index (χ0v) is 11.0. The van der Waals surface area contributed by atoms with Crippen LogP contribution in [0.15, 0.2) is 0 Å². The Kier molecular flexibility index (Phi) is 3.45. The topological polar surface area (TPSA) is 36.4 Å². The average Bonchev–Trinajstić information content (AvgIpc) is 2.90. The summed E-state index contributed by atoms with van der Waals surface area (Å²) in [6.45, 7) is 3.63. The molecule has 3 nitrogen and oxygen atoms in total. The molecule has 1 N–H and O–H groups in total. The third-order valence-electron chi connectivity index (χ3n) is 3.96. The van der Waals surface area contributed by atoms with Crippen LogP contribution >= 0.6 is 11.3 Å². The molecule has 94 valence electrons. The van der Waals surface area contributed by atoms with Gasteiger partial charge >= 0.3 is 0 Å². The number of aliphatic hydroxyl groups excluding tert-OH is 1. The number of thiazole rings is 1. The van der Waals surface area contributed by atoms with Gasteiger partial charge < -0.3 is 5.11 Å². The van der Waals surface area contributed by atoms with Crippen LogP contribution in [-0.2, 0) is 19.4 Å². The lowest BCUT2D eigenvalue weighted by molar-refractivity contribution is 0.127. The summed E-state index contributed by atoms with van der Waals surface area (Å²) in [5, 5.41) is 10.4. The fourth-order valence-electron chi connectivity index (χ4n) is 2.83. The first kappa shape index (κ1) is 11.6. The van der Waals surface area contributed by atoms with Gasteiger partial charge in [-0.3, -0.25) is 4.90 Å². The molecule has 1 aliphatic carbocycles. The Morgan fingerprint density at radius 1 is 1.29 bits per heavy atom. The van der Waals surface area contributed by atoms with Gasteiger partial charge in [0.1, 0.15) is 5.01 Å². The minimum Gasteiger partial charge on any atom is -0.396 e. The lowest BCUT2D eigenvalue weighted by Crippen LogP contribution is -2.34. The minimum atomic E-state index is 0.361. The standard InChI is InChI=1S/C13H20N2OS/c16-9-10-4-6-15(7-5-10)8-13-14-11-2-1-3-12(11)17-13/h10,16H,1-9H2. The van der Waals surface area contributed by atoms with Crippen LogP contribution in [0.2, 0.25) is 0 Å². The molecule has 0 amide bonds. The predicted octanol–water partition coefficient (Wildman–Crippen LogP) is 1.84. The Labute approximate surface area is 106 Å². The van der Waals surface area contributed by atoms with E-state index in [4.69, 9.17) is 10.1 Å². The molecule has 1 fully saturated rings. The summed E-state index contributed by atoms with van der Waals surface area (Å²) < 4.78 is 0. The van der Waals surface area contributed by atoms with Crippen molar-refractivity contribution < 1.29 is 5.11 Å². The first-order chi connectivity index (χ1) is 8.35. The fraction of sp³-hybridized carbons (Fsp3) is 0.769. The number of aryl methyl sites for hydroxylation is 2. The van der Waals surface area contributed by atoms with E-state index in [2.05, 4.69) is 4.90 Å². The van der Waals surface area contributed by atoms with Crippen molar-refractivity contribution in [2.75, 3.05) is 19.7 Å². The van der Waals surface area contributed by atoms with E-state index in [0.29, 0.717) is 12.5 Å². The van der Waals surface area contributed by atoms with Crippen molar-refractivity contribution in [3.63, 3.8) is 0 Å². The van der Waals surface area contributed by atoms with Crippen molar-refractivity contribution in [1.82, 2.24) is 9.88 Å². The average molecular weight is 252 g/mol. The van der Waals surface area contributed by atoms with E-state index in [-0.39, 0.29) is 0 Å². The number of rotatable bonds is 3. The molecule has 1 aromatic heterocycles. The third kappa shape index (κ3) is 2.54. The summed E-state index contributed by atoms with van der Waals surface area (Å²) in [7, 11) is 0. The van der Waals surface area contributed by atoms with E-state index in [0.717, 1.165) is 32.5 Å². The van der Waals surface area contributed by atoms with Gasteiger partial charge in [0.15, 0.2) is 0 Å². The molecule has 2 aliphatic rings. The second-order valence-electron chi connectivity index (χ2n) is 5.23. The summed E-state index contributed by atoms with van der Waals surface area (Å²) in [6.07, 6.45) is 6.03. The molecule has 0 saturated carbocycles. The van der Waals surface area contributed by atoms with Gasteiger partial charge in [0, 0.05) is 11.5 Å². The smallest absolute Gasteiger partial charge is 0.107 e. The van der Waals surface area contributed by atoms with Crippen molar-refractivity contribution in [2.24, 2.45) is 5.92 Å². The van der Waals surface area contributed by atoms with E-state index in [1.807, 2.05) is 11.3 Å². The number of hydrogen-bond donors (Lipinski definition) is 1. The number of piperidine rings is 1. The maximum atomic E-state index is 9.12. The Hall–Kier alpha value is -0.450. The molecular weight excluding hydrogens is 232 g/mol. The van der Waals surface area contributed by atoms with Crippen LogP contribution in [0.3, 0.4) is 0 Å². The lowest BCUT2D eigenvalue weighted by Gasteiger charge is -2.30. The van der Waals surface area contributed by atoms with Crippen molar-refractivity contribution >= 4 is 11.3 Å². The zero-order chi connectivity index (χ0) is 11.7. The normalized spacial score (nSPS) is 21.9. The highest BCUT2D eigenvalue weighted by atomic mass is 32.1. The van der Waals surface area contributed by atoms with Crippen molar-refractivity contribution in [1.29, 1.82) is 0 Å². The van der Waals surface area contributed by atoms with Gasteiger partial charge in [-0.15, -0.1) is 11.3 Å². The highest BCUT2D eigenvalue weighted by Gasteiger charge is 2.21. The predicted molar refractivity (Wildman–Crippen MR) is 69.2 cm³/mol. The highest BCUT2D eigenvalue weighted by molar-refractivity contribution is 7.11. The van der Waals surface area contributed by atoms with Crippen molar-refractivity contribution in [3.8, 4) is 0 Å². The van der Waals surface area contributed by atoms with E-state index in [1.54, 1.807) is 0 Å². The second kappa shape index (κ2) is 5.04. The molecule has 0 radical (unpaired) electrons. The second-order valence-corrected chi connectivity index (χ2v) is 6.40. The maximum absolute atomic E-state index is 9.12. The summed E-state index contributed by atoms with van der Waals surface area (Å²) in [5.74, 6) is 0.535. The minimum absolute atomic E-state index is 0.361. The fourth-order valence-corrected chi connectivity index (χ4v) is 4.03. The molecule has 1 aliphatic heterocycles. The number of aliphatic hydroxyl groups is 1. The summed E-state index contributed by atoms with van der Waals surface area (Å²) in [6, 6.07) is 0. The van der Waals surface area contributed by atoms with Gasteiger partial charge in [0.05, 0.1) is 12.2 Å². The van der Waals surface area contributed by atoms with Crippen LogP contribution in [0.5, 0.6) is 0 Å². The number of hydrogen-bond acceptors (Lipinski definition) is 4. The number of likely N-dealkylation sites (tertiary alicyclic amines) is 1. The van der Waals surface area contributed by atoms with Gasteiger partial charge in [-0.05, 0) is 51.1 Å². The van der Waals surface area contributed by atoms with Gasteiger partial charge in [0.25, 0.3) is 0 Å². The quantitative estimate of drug-likeness (QED) is 0.891. The molecule has 0 atom stereocenters. The third-order valence-corrected chi connectivity index (χ3v) is 5.11. The maximum Gasteiger partial charge on any atom is 0.107 e. The Morgan fingerprint density at radius 3 is 2.82 bits per heavy atom. The summed E-state index contributed by atoms with van der Waals surface area (Å²) >= 11 is 1.92. The summed E-state index contributed by atoms with van der Waals surface area (Å²) in [5.41, 5.74) is 1.37. The van der Waals surface area contributed by atoms with Gasteiger partial charge in [-0.2, -0.15) is 0 Å². The van der Waals surface area contributed by atoms with E-state index < -0.39 is 0 Å². The Morgan fingerprint density at radius 2 is 2.12 bits per heavy atom. The van der Waals surface area contributed by atoms with Gasteiger partial charge in [-0.1, -0.05) is 0 Å². The Balaban J connectivity index is 1.56. The molecule has 1 saturated heterocycles. The van der Waals surface area contributed by atoms with Crippen LogP contribution in [0.25, 0.3) is 0 Å². The number of nitrogens with zero attached hydrogens (tertiary/aromatic N) is 2. The van der Waals surface area contributed by atoms with Crippen molar-refractivity contribution in [2.45, 2.75) is 38.6 Å². The largest absolute Gasteiger partial charge is 0.396 e. The lowest BCUT2D eigenvalue weighted by atomic mass is 9.98. The van der Waals surface area contributed by atoms with Crippen LogP contribution in [0, 0.1) is 5.92 Å². The molecule has 0 aromatic carbocycles. The number of fused-ring (bicyclic) bond motifs is 1. The van der Waals surface area contributed by atoms with Crippen LogP contribution < -0.4 is 0 Å². The molecule has 0 bridgehead atoms. The van der Waals surface area contributed by atoms with E-state index in [9.17, 15) is 0 Å². The van der Waals surface area contributed by atoms with Crippen LogP contribution in [0.1, 0.15) is 34.8 Å². The molecule has 0 unspecified atom stereocenters. The molecule has 4 heteroatoms. The number of aromatic nitrogens is 1. The zero-order valence-electron chi connectivity index (χ0n) is 10.2. The molecule has 2 heterocycles. The molecule has 0 spiro atoms. The summed E-state index contributed by atoms with van der Waals surface area (Å²) in [4.78, 5) is 8.77. The van der Waals surface area contributed by atoms with E-state index >= 15 is 0 Å². The van der Waals surface area contributed by atoms with Crippen molar-refractivity contribution in [3.05, 3.63) is 15.6 Å². The van der Waals surface area contributed by atoms with Gasteiger partial charge in [0.2, 0.25) is 0 Å². The first-order valence-electron chi connectivity index (χ1n) is 6.66. The molecule has 17 heavy (non-hydrogen) atoms. The Bertz CT molecular complexity index is 361. The van der Waals surface area contributed by atoms with Crippen LogP contribution in [-0.4, -0.2) is 34.7 Å². The molecule has 1 aromatic rings. The highest BCUT2D eigenvalue weighted by Crippen LogP contribution is 2.28. The van der Waals surface area contributed by atoms with Crippen LogP contribution in [0.4, 0.5) is 0 Å². The monoisotopic (exact) mass is 252 g/mol. The van der Waals surface area contributed by atoms with Gasteiger partial charge in [-0.25, -0.2) is 4.98 Å².